The third-order valence-electron chi connectivity index (χ3n) is 6.24. The molecule has 0 radical (unpaired) electrons. The van der Waals surface area contributed by atoms with Crippen molar-refractivity contribution in [2.45, 2.75) is 51.7 Å². The predicted molar refractivity (Wildman–Crippen MR) is 125 cm³/mol. The van der Waals surface area contributed by atoms with Crippen LogP contribution in [0.1, 0.15) is 56.2 Å². The highest BCUT2D eigenvalue weighted by molar-refractivity contribution is 5.70. The van der Waals surface area contributed by atoms with Gasteiger partial charge in [-0.05, 0) is 55.6 Å². The number of piperidine rings is 1. The minimum absolute atomic E-state index is 0.190. The molecule has 32 heavy (non-hydrogen) atoms. The molecule has 2 aromatic carbocycles. The van der Waals surface area contributed by atoms with Crippen molar-refractivity contribution in [1.82, 2.24) is 4.90 Å². The van der Waals surface area contributed by atoms with Crippen molar-refractivity contribution in [1.29, 1.82) is 0 Å². The average Bonchev–Trinajstić information content (AvgIpc) is 2.83. The Kier molecular flexibility index (Phi) is 8.80. The van der Waals surface area contributed by atoms with Gasteiger partial charge in [-0.2, -0.15) is 0 Å². The smallest absolute Gasteiger partial charge is 0.306 e. The summed E-state index contributed by atoms with van der Waals surface area (Å²) in [5.41, 5.74) is 2.19. The first-order valence-corrected chi connectivity index (χ1v) is 11.5. The Hall–Kier alpha value is -2.73. The van der Waals surface area contributed by atoms with Gasteiger partial charge in [0.1, 0.15) is 6.61 Å². The molecule has 1 fully saturated rings. The lowest BCUT2D eigenvalue weighted by Crippen LogP contribution is -2.38. The molecule has 2 aromatic rings. The predicted octanol–water partition coefficient (Wildman–Crippen LogP) is 5.31. The summed E-state index contributed by atoms with van der Waals surface area (Å²) in [5, 5.41) is 9.36. The van der Waals surface area contributed by atoms with Gasteiger partial charge in [0, 0.05) is 6.04 Å². The van der Waals surface area contributed by atoms with Gasteiger partial charge in [0.25, 0.3) is 0 Å². The molecule has 3 rings (SSSR count). The van der Waals surface area contributed by atoms with Crippen LogP contribution in [0.3, 0.4) is 0 Å². The van der Waals surface area contributed by atoms with Crippen LogP contribution in [0, 0.1) is 5.92 Å². The molecule has 0 aromatic heterocycles. The lowest BCUT2D eigenvalue weighted by atomic mass is 9.92. The number of carbonyl (C=O) groups is 1. The maximum Gasteiger partial charge on any atom is 0.306 e. The zero-order chi connectivity index (χ0) is 22.9. The van der Waals surface area contributed by atoms with Crippen molar-refractivity contribution in [3.05, 3.63) is 53.6 Å². The Morgan fingerprint density at radius 3 is 2.25 bits per heavy atom. The van der Waals surface area contributed by atoms with Crippen molar-refractivity contribution in [3.8, 4) is 17.2 Å². The van der Waals surface area contributed by atoms with Gasteiger partial charge in [0.15, 0.2) is 11.5 Å². The highest BCUT2D eigenvalue weighted by Gasteiger charge is 2.30. The fourth-order valence-electron chi connectivity index (χ4n) is 4.38. The number of likely N-dealkylation sites (tertiary alicyclic amines) is 1. The van der Waals surface area contributed by atoms with Gasteiger partial charge < -0.3 is 19.3 Å². The summed E-state index contributed by atoms with van der Waals surface area (Å²) in [5.74, 6) is 0.977. The molecule has 1 atom stereocenters. The van der Waals surface area contributed by atoms with E-state index in [-0.39, 0.29) is 12.0 Å². The van der Waals surface area contributed by atoms with Crippen molar-refractivity contribution in [3.63, 3.8) is 0 Å². The van der Waals surface area contributed by atoms with Crippen LogP contribution in [0.4, 0.5) is 0 Å². The minimum Gasteiger partial charge on any atom is -0.493 e. The standard InChI is InChI=1S/C26H35NO5/c1-4-5-11-22(27-14-12-20(13-15-27)26(28)29)21-16-23(30-2)25(24(17-21)31-3)32-18-19-9-7-6-8-10-19/h6-10,16-17,20,22H,4-5,11-15,18H2,1-3H3,(H,28,29). The van der Waals surface area contributed by atoms with Gasteiger partial charge in [0.2, 0.25) is 5.75 Å². The first-order chi connectivity index (χ1) is 15.6. The minimum atomic E-state index is -0.682. The van der Waals surface area contributed by atoms with Crippen molar-refractivity contribution >= 4 is 5.97 Å². The first kappa shape index (κ1) is 23.9. The van der Waals surface area contributed by atoms with Crippen LogP contribution < -0.4 is 14.2 Å². The summed E-state index contributed by atoms with van der Waals surface area (Å²) in [4.78, 5) is 13.8. The van der Waals surface area contributed by atoms with Crippen molar-refractivity contribution < 1.29 is 24.1 Å². The highest BCUT2D eigenvalue weighted by Crippen LogP contribution is 2.43. The number of aliphatic carboxylic acids is 1. The number of hydrogen-bond acceptors (Lipinski definition) is 5. The van der Waals surface area contributed by atoms with E-state index in [0.717, 1.165) is 43.5 Å². The molecule has 1 saturated heterocycles. The summed E-state index contributed by atoms with van der Waals surface area (Å²) in [6.45, 7) is 4.18. The van der Waals surface area contributed by atoms with Gasteiger partial charge in [-0.1, -0.05) is 50.1 Å². The molecule has 1 aliphatic heterocycles. The molecule has 1 aliphatic rings. The third-order valence-corrected chi connectivity index (χ3v) is 6.24. The number of methoxy groups -OCH3 is 2. The Labute approximate surface area is 191 Å². The molecular weight excluding hydrogens is 406 g/mol. The summed E-state index contributed by atoms with van der Waals surface area (Å²) in [7, 11) is 3.29. The fourth-order valence-corrected chi connectivity index (χ4v) is 4.38. The number of hydrogen-bond donors (Lipinski definition) is 1. The van der Waals surface area contributed by atoms with E-state index in [2.05, 4.69) is 11.8 Å². The monoisotopic (exact) mass is 441 g/mol. The second-order valence-electron chi connectivity index (χ2n) is 8.34. The summed E-state index contributed by atoms with van der Waals surface area (Å²) < 4.78 is 17.5. The number of carboxylic acid groups (broad SMARTS) is 1. The SMILES string of the molecule is CCCCC(c1cc(OC)c(OCc2ccccc2)c(OC)c1)N1CCC(C(=O)O)CC1. The first-order valence-electron chi connectivity index (χ1n) is 11.5. The van der Waals surface area contributed by atoms with E-state index in [1.807, 2.05) is 42.5 Å². The van der Waals surface area contributed by atoms with Crippen LogP contribution in [-0.2, 0) is 11.4 Å². The molecule has 0 aliphatic carbocycles. The molecule has 6 nitrogen and oxygen atoms in total. The molecule has 0 bridgehead atoms. The lowest BCUT2D eigenvalue weighted by Gasteiger charge is -2.37. The molecule has 1 heterocycles. The van der Waals surface area contributed by atoms with Crippen molar-refractivity contribution in [2.75, 3.05) is 27.3 Å². The zero-order valence-electron chi connectivity index (χ0n) is 19.4. The maximum absolute atomic E-state index is 11.4. The second-order valence-corrected chi connectivity index (χ2v) is 8.34. The van der Waals surface area contributed by atoms with E-state index in [1.165, 1.54) is 0 Å². The Balaban J connectivity index is 1.85. The third kappa shape index (κ3) is 5.94. The number of benzene rings is 2. The number of ether oxygens (including phenoxy) is 3. The summed E-state index contributed by atoms with van der Waals surface area (Å²) in [6, 6.07) is 14.3. The molecule has 0 amide bonds. The molecule has 0 saturated carbocycles. The maximum atomic E-state index is 11.4. The average molecular weight is 442 g/mol. The van der Waals surface area contributed by atoms with E-state index < -0.39 is 5.97 Å². The topological polar surface area (TPSA) is 68.2 Å². The molecule has 6 heteroatoms. The van der Waals surface area contributed by atoms with Crippen LogP contribution in [-0.4, -0.2) is 43.3 Å². The molecular formula is C26H35NO5. The van der Waals surface area contributed by atoms with Gasteiger partial charge in [-0.3, -0.25) is 9.69 Å². The van der Waals surface area contributed by atoms with Crippen LogP contribution in [0.5, 0.6) is 17.2 Å². The van der Waals surface area contributed by atoms with E-state index in [0.29, 0.717) is 36.7 Å². The molecule has 1 unspecified atom stereocenters. The number of nitrogens with zero attached hydrogens (tertiary/aromatic N) is 1. The Morgan fingerprint density at radius 1 is 1.09 bits per heavy atom. The largest absolute Gasteiger partial charge is 0.493 e. The van der Waals surface area contributed by atoms with Gasteiger partial charge in [-0.25, -0.2) is 0 Å². The lowest BCUT2D eigenvalue weighted by molar-refractivity contribution is -0.143. The van der Waals surface area contributed by atoms with E-state index in [9.17, 15) is 9.90 Å². The van der Waals surface area contributed by atoms with Crippen LogP contribution in [0.25, 0.3) is 0 Å². The molecule has 1 N–H and O–H groups in total. The van der Waals surface area contributed by atoms with E-state index in [1.54, 1.807) is 14.2 Å². The molecule has 174 valence electrons. The second kappa shape index (κ2) is 11.8. The van der Waals surface area contributed by atoms with Gasteiger partial charge >= 0.3 is 5.97 Å². The fraction of sp³-hybridized carbons (Fsp3) is 0.500. The Morgan fingerprint density at radius 2 is 1.72 bits per heavy atom. The molecule has 0 spiro atoms. The van der Waals surface area contributed by atoms with Crippen LogP contribution in [0.2, 0.25) is 0 Å². The van der Waals surface area contributed by atoms with Crippen molar-refractivity contribution in [2.24, 2.45) is 5.92 Å². The van der Waals surface area contributed by atoms with Crippen LogP contribution >= 0.6 is 0 Å². The highest BCUT2D eigenvalue weighted by atomic mass is 16.5. The Bertz CT molecular complexity index is 837. The quantitative estimate of drug-likeness (QED) is 0.510. The van der Waals surface area contributed by atoms with E-state index >= 15 is 0 Å². The number of unbranched alkanes of at least 4 members (excludes halogenated alkanes) is 1. The van der Waals surface area contributed by atoms with Gasteiger partial charge in [0.05, 0.1) is 20.1 Å². The number of carboxylic acids is 1. The normalized spacial score (nSPS) is 15.8. The number of rotatable bonds is 11. The zero-order valence-corrected chi connectivity index (χ0v) is 19.4. The summed E-state index contributed by atoms with van der Waals surface area (Å²) in [6.07, 6.45) is 4.58. The van der Waals surface area contributed by atoms with Gasteiger partial charge in [-0.15, -0.1) is 0 Å². The van der Waals surface area contributed by atoms with Crippen LogP contribution in [0.15, 0.2) is 42.5 Å². The van der Waals surface area contributed by atoms with E-state index in [4.69, 9.17) is 14.2 Å². The summed E-state index contributed by atoms with van der Waals surface area (Å²) >= 11 is 0.